The Bertz CT molecular complexity index is 1080. The van der Waals surface area contributed by atoms with E-state index in [1.54, 1.807) is 29.2 Å². The molecule has 2 aliphatic heterocycles. The molecule has 2 fully saturated rings. The smallest absolute Gasteiger partial charge is 0.383 e. The van der Waals surface area contributed by atoms with Crippen molar-refractivity contribution >= 4 is 15.7 Å². The van der Waals surface area contributed by atoms with Gasteiger partial charge < -0.3 is 10.0 Å². The predicted molar refractivity (Wildman–Crippen MR) is 113 cm³/mol. The van der Waals surface area contributed by atoms with Crippen molar-refractivity contribution in [2.24, 2.45) is 5.92 Å². The molecule has 0 saturated carbocycles. The fourth-order valence-electron chi connectivity index (χ4n) is 4.46. The second-order valence-corrected chi connectivity index (χ2v) is 10.8. The van der Waals surface area contributed by atoms with Crippen LogP contribution in [0.4, 0.5) is 13.2 Å². The summed E-state index contributed by atoms with van der Waals surface area (Å²) in [5.74, 6) is -0.440. The molecule has 2 heterocycles. The molecule has 2 aliphatic rings. The molecular weight excluding hydrogens is 443 g/mol. The van der Waals surface area contributed by atoms with Crippen LogP contribution >= 0.6 is 0 Å². The largest absolute Gasteiger partial charge is 0.416 e. The summed E-state index contributed by atoms with van der Waals surface area (Å²) in [6, 6.07) is 11.6. The molecule has 0 atom stereocenters. The number of alkyl halides is 3. The second kappa shape index (κ2) is 8.19. The zero-order valence-corrected chi connectivity index (χ0v) is 18.1. The topological polar surface area (TPSA) is 74.7 Å². The molecule has 32 heavy (non-hydrogen) atoms. The van der Waals surface area contributed by atoms with Crippen LogP contribution in [0, 0.1) is 5.92 Å². The van der Waals surface area contributed by atoms with Crippen LogP contribution in [-0.2, 0) is 28.0 Å². The highest BCUT2D eigenvalue weighted by atomic mass is 32.2. The van der Waals surface area contributed by atoms with Crippen molar-refractivity contribution in [1.29, 1.82) is 0 Å². The zero-order valence-electron chi connectivity index (χ0n) is 17.3. The van der Waals surface area contributed by atoms with E-state index in [2.05, 4.69) is 0 Å². The first kappa shape index (κ1) is 22.8. The number of piperidine rings is 1. The Morgan fingerprint density at radius 3 is 2.06 bits per heavy atom. The molecule has 0 aromatic heterocycles. The van der Waals surface area contributed by atoms with Crippen molar-refractivity contribution in [2.45, 2.75) is 31.0 Å². The molecule has 2 saturated heterocycles. The Kier molecular flexibility index (Phi) is 5.83. The van der Waals surface area contributed by atoms with E-state index in [-0.39, 0.29) is 17.4 Å². The minimum atomic E-state index is -4.34. The minimum Gasteiger partial charge on any atom is -0.383 e. The predicted octanol–water partition coefficient (Wildman–Crippen LogP) is 3.42. The molecule has 9 heteroatoms. The van der Waals surface area contributed by atoms with Gasteiger partial charge in [-0.2, -0.15) is 13.2 Å². The Morgan fingerprint density at radius 2 is 1.56 bits per heavy atom. The second-order valence-electron chi connectivity index (χ2n) is 8.78. The zero-order chi connectivity index (χ0) is 23.1. The van der Waals surface area contributed by atoms with E-state index in [1.807, 2.05) is 0 Å². The quantitative estimate of drug-likeness (QED) is 0.748. The maximum absolute atomic E-state index is 12.8. The highest BCUT2D eigenvalue weighted by Gasteiger charge is 2.48. The number of amides is 1. The summed E-state index contributed by atoms with van der Waals surface area (Å²) < 4.78 is 60.9. The molecule has 2 aromatic carbocycles. The van der Waals surface area contributed by atoms with Gasteiger partial charge in [0.15, 0.2) is 9.84 Å². The van der Waals surface area contributed by atoms with Crippen LogP contribution < -0.4 is 0 Å². The number of carbonyl (C=O) groups is 1. The minimum absolute atomic E-state index is 0.127. The summed E-state index contributed by atoms with van der Waals surface area (Å²) in [5, 5.41) is 10.4. The van der Waals surface area contributed by atoms with E-state index in [9.17, 15) is 31.5 Å². The SMILES string of the molecule is O=C(c1ccc(C2(O)CS(=O)(=O)C2)cc1)N1CCC(Cc2ccc(C(F)(F)F)cc2)CC1. The molecule has 1 amide bonds. The van der Waals surface area contributed by atoms with Crippen LogP contribution in [-0.4, -0.2) is 48.9 Å². The first-order valence-electron chi connectivity index (χ1n) is 10.4. The summed E-state index contributed by atoms with van der Waals surface area (Å²) in [5.41, 5.74) is -0.218. The molecular formula is C23H24F3NO4S. The van der Waals surface area contributed by atoms with E-state index in [0.717, 1.165) is 30.5 Å². The van der Waals surface area contributed by atoms with Crippen molar-refractivity contribution < 1.29 is 31.5 Å². The van der Waals surface area contributed by atoms with Crippen LogP contribution in [0.3, 0.4) is 0 Å². The molecule has 4 rings (SSSR count). The average Bonchev–Trinajstić information content (AvgIpc) is 2.72. The van der Waals surface area contributed by atoms with Gasteiger partial charge in [-0.25, -0.2) is 8.42 Å². The number of halogens is 3. The van der Waals surface area contributed by atoms with Gasteiger partial charge in [0.1, 0.15) is 5.60 Å². The maximum atomic E-state index is 12.8. The standard InChI is InChI=1S/C23H24F3NO4S/c24-23(25,26)20-5-1-16(2-6-20)13-17-9-11-27(12-10-17)21(28)18-3-7-19(8-4-18)22(29)14-32(30,31)15-22/h1-8,17,29H,9-15H2. The lowest BCUT2D eigenvalue weighted by Gasteiger charge is -2.36. The molecule has 5 nitrogen and oxygen atoms in total. The van der Waals surface area contributed by atoms with Crippen LogP contribution in [0.1, 0.15) is 39.9 Å². The van der Waals surface area contributed by atoms with Crippen molar-refractivity contribution in [3.63, 3.8) is 0 Å². The molecule has 1 N–H and O–H groups in total. The van der Waals surface area contributed by atoms with Gasteiger partial charge in [-0.05, 0) is 60.6 Å². The molecule has 172 valence electrons. The summed E-state index contributed by atoms with van der Waals surface area (Å²) >= 11 is 0. The third-order valence-corrected chi connectivity index (χ3v) is 8.13. The van der Waals surface area contributed by atoms with Gasteiger partial charge in [-0.3, -0.25) is 4.79 Å². The van der Waals surface area contributed by atoms with Gasteiger partial charge >= 0.3 is 6.18 Å². The lowest BCUT2D eigenvalue weighted by Crippen LogP contribution is -2.52. The van der Waals surface area contributed by atoms with Gasteiger partial charge in [0.2, 0.25) is 0 Å². The summed E-state index contributed by atoms with van der Waals surface area (Å²) in [7, 11) is -3.19. The third-order valence-electron chi connectivity index (χ3n) is 6.29. The Labute approximate surface area is 184 Å². The first-order chi connectivity index (χ1) is 15.0. The monoisotopic (exact) mass is 467 g/mol. The van der Waals surface area contributed by atoms with Gasteiger partial charge in [0.05, 0.1) is 17.1 Å². The van der Waals surface area contributed by atoms with Gasteiger partial charge in [-0.1, -0.05) is 24.3 Å². The number of carbonyl (C=O) groups excluding carboxylic acids is 1. The number of hydrogen-bond donors (Lipinski definition) is 1. The molecule has 2 aromatic rings. The molecule has 0 aliphatic carbocycles. The number of nitrogens with zero attached hydrogens (tertiary/aromatic N) is 1. The maximum Gasteiger partial charge on any atom is 0.416 e. The van der Waals surface area contributed by atoms with Crippen LogP contribution in [0.2, 0.25) is 0 Å². The number of rotatable bonds is 4. The van der Waals surface area contributed by atoms with Crippen LogP contribution in [0.15, 0.2) is 48.5 Å². The number of benzene rings is 2. The van der Waals surface area contributed by atoms with E-state index < -0.39 is 27.2 Å². The van der Waals surface area contributed by atoms with Gasteiger partial charge in [-0.15, -0.1) is 0 Å². The van der Waals surface area contributed by atoms with Crippen LogP contribution in [0.25, 0.3) is 0 Å². The summed E-state index contributed by atoms with van der Waals surface area (Å²) in [6.45, 7) is 1.13. The summed E-state index contributed by atoms with van der Waals surface area (Å²) in [6.07, 6.45) is -2.13. The summed E-state index contributed by atoms with van der Waals surface area (Å²) in [4.78, 5) is 14.6. The highest BCUT2D eigenvalue weighted by Crippen LogP contribution is 2.34. The lowest BCUT2D eigenvalue weighted by atomic mass is 9.89. The number of sulfone groups is 1. The van der Waals surface area contributed by atoms with Crippen LogP contribution in [0.5, 0.6) is 0 Å². The fourth-order valence-corrected chi connectivity index (χ4v) is 6.16. The van der Waals surface area contributed by atoms with E-state index >= 15 is 0 Å². The van der Waals surface area contributed by atoms with E-state index in [4.69, 9.17) is 0 Å². The van der Waals surface area contributed by atoms with Crippen molar-refractivity contribution in [1.82, 2.24) is 4.90 Å². The van der Waals surface area contributed by atoms with Crippen molar-refractivity contribution in [3.05, 3.63) is 70.8 Å². The Balaban J connectivity index is 1.31. The fraction of sp³-hybridized carbons (Fsp3) is 0.435. The van der Waals surface area contributed by atoms with Gasteiger partial charge in [0, 0.05) is 18.7 Å². The first-order valence-corrected chi connectivity index (χ1v) is 12.3. The van der Waals surface area contributed by atoms with E-state index in [1.165, 1.54) is 12.1 Å². The molecule has 0 bridgehead atoms. The van der Waals surface area contributed by atoms with Gasteiger partial charge in [0.25, 0.3) is 5.91 Å². The Morgan fingerprint density at radius 1 is 1.00 bits per heavy atom. The third kappa shape index (κ3) is 4.83. The number of likely N-dealkylation sites (tertiary alicyclic amines) is 1. The normalized spacial score (nSPS) is 20.6. The number of hydrogen-bond acceptors (Lipinski definition) is 4. The van der Waals surface area contributed by atoms with E-state index in [0.29, 0.717) is 36.6 Å². The molecule has 0 unspecified atom stereocenters. The molecule has 0 spiro atoms. The highest BCUT2D eigenvalue weighted by molar-refractivity contribution is 7.92. The Hall–Kier alpha value is -2.39. The van der Waals surface area contributed by atoms with Crippen molar-refractivity contribution in [3.8, 4) is 0 Å². The average molecular weight is 468 g/mol. The van der Waals surface area contributed by atoms with Crippen molar-refractivity contribution in [2.75, 3.05) is 24.6 Å². The molecule has 0 radical (unpaired) electrons. The lowest BCUT2D eigenvalue weighted by molar-refractivity contribution is -0.137. The number of aliphatic hydroxyl groups is 1.